The third-order valence-corrected chi connectivity index (χ3v) is 5.39. The summed E-state index contributed by atoms with van der Waals surface area (Å²) in [5, 5.41) is 3.29. The molecular formula is C13H12BrCl2NOS. The fourth-order valence-corrected chi connectivity index (χ4v) is 4.15. The summed E-state index contributed by atoms with van der Waals surface area (Å²) in [5.74, 6) is 0.680. The van der Waals surface area contributed by atoms with Gasteiger partial charge in [0.1, 0.15) is 5.75 Å². The minimum absolute atomic E-state index is 0.365. The Balaban J connectivity index is 2.55. The Kier molecular flexibility index (Phi) is 4.79. The van der Waals surface area contributed by atoms with E-state index in [1.165, 1.54) is 11.3 Å². The molecular weight excluding hydrogens is 369 g/mol. The fourth-order valence-electron chi connectivity index (χ4n) is 1.83. The highest BCUT2D eigenvalue weighted by atomic mass is 79.9. The predicted octanol–water partition coefficient (Wildman–Crippen LogP) is 5.18. The lowest BCUT2D eigenvalue weighted by Crippen LogP contribution is -2.12. The number of nitrogens with two attached hydrogens (primary N) is 1. The van der Waals surface area contributed by atoms with Crippen LogP contribution in [-0.4, -0.2) is 7.11 Å². The first kappa shape index (κ1) is 15.1. The zero-order chi connectivity index (χ0) is 14.2. The minimum Gasteiger partial charge on any atom is -0.495 e. The molecule has 2 aromatic rings. The van der Waals surface area contributed by atoms with Gasteiger partial charge in [0.05, 0.1) is 22.6 Å². The maximum atomic E-state index is 6.31. The number of rotatable bonds is 3. The van der Waals surface area contributed by atoms with Gasteiger partial charge in [-0.3, -0.25) is 0 Å². The molecule has 1 unspecified atom stereocenters. The Morgan fingerprint density at radius 3 is 2.58 bits per heavy atom. The highest BCUT2D eigenvalue weighted by Crippen LogP contribution is 2.41. The minimum atomic E-state index is -0.365. The Bertz CT molecular complexity index is 615. The fraction of sp³-hybridized carbons (Fsp3) is 0.231. The number of aryl methyl sites for hydroxylation is 1. The number of methoxy groups -OCH3 is 1. The van der Waals surface area contributed by atoms with Gasteiger partial charge in [0.25, 0.3) is 0 Å². The Morgan fingerprint density at radius 2 is 2.05 bits per heavy atom. The second-order valence-corrected chi connectivity index (χ2v) is 6.66. The van der Waals surface area contributed by atoms with Crippen molar-refractivity contribution < 1.29 is 4.74 Å². The first-order valence-corrected chi connectivity index (χ1v) is 7.90. The molecule has 0 aliphatic heterocycles. The summed E-state index contributed by atoms with van der Waals surface area (Å²) in [4.78, 5) is 0.909. The average molecular weight is 381 g/mol. The molecule has 0 aliphatic rings. The van der Waals surface area contributed by atoms with Crippen LogP contribution in [0.4, 0.5) is 0 Å². The molecule has 1 heterocycles. The second-order valence-electron chi connectivity index (χ2n) is 4.08. The van der Waals surface area contributed by atoms with Crippen molar-refractivity contribution in [3.8, 4) is 5.75 Å². The van der Waals surface area contributed by atoms with E-state index < -0.39 is 0 Å². The molecule has 2 N–H and O–H groups in total. The molecule has 1 aromatic heterocycles. The van der Waals surface area contributed by atoms with E-state index in [4.69, 9.17) is 33.7 Å². The highest BCUT2D eigenvalue weighted by molar-refractivity contribution is 9.10. The van der Waals surface area contributed by atoms with E-state index in [1.807, 2.05) is 12.3 Å². The van der Waals surface area contributed by atoms with Crippen molar-refractivity contribution in [1.82, 2.24) is 0 Å². The first-order chi connectivity index (χ1) is 8.95. The summed E-state index contributed by atoms with van der Waals surface area (Å²) in [6.45, 7) is 1.96. The molecule has 19 heavy (non-hydrogen) atoms. The van der Waals surface area contributed by atoms with Gasteiger partial charge in [0, 0.05) is 15.5 Å². The van der Waals surface area contributed by atoms with Crippen LogP contribution in [0.3, 0.4) is 0 Å². The van der Waals surface area contributed by atoms with Crippen LogP contribution >= 0.6 is 50.5 Å². The highest BCUT2D eigenvalue weighted by Gasteiger charge is 2.21. The molecule has 0 aliphatic carbocycles. The Morgan fingerprint density at radius 1 is 1.37 bits per heavy atom. The third-order valence-electron chi connectivity index (χ3n) is 2.78. The van der Waals surface area contributed by atoms with Crippen molar-refractivity contribution in [2.75, 3.05) is 7.11 Å². The van der Waals surface area contributed by atoms with Gasteiger partial charge in [0.2, 0.25) is 0 Å². The van der Waals surface area contributed by atoms with Crippen LogP contribution in [0.15, 0.2) is 22.0 Å². The van der Waals surface area contributed by atoms with Gasteiger partial charge in [0.15, 0.2) is 0 Å². The summed E-state index contributed by atoms with van der Waals surface area (Å²) < 4.78 is 6.17. The smallest absolute Gasteiger partial charge is 0.138 e. The summed E-state index contributed by atoms with van der Waals surface area (Å²) in [6.07, 6.45) is 0. The summed E-state index contributed by atoms with van der Waals surface area (Å²) in [6, 6.07) is 3.22. The summed E-state index contributed by atoms with van der Waals surface area (Å²) in [5.41, 5.74) is 8.15. The van der Waals surface area contributed by atoms with Crippen LogP contribution in [0, 0.1) is 6.92 Å². The largest absolute Gasteiger partial charge is 0.495 e. The van der Waals surface area contributed by atoms with Crippen molar-refractivity contribution in [3.63, 3.8) is 0 Å². The molecule has 0 fully saturated rings. The first-order valence-electron chi connectivity index (χ1n) is 5.47. The molecule has 2 rings (SSSR count). The van der Waals surface area contributed by atoms with Crippen LogP contribution in [-0.2, 0) is 0 Å². The standard InChI is InChI=1S/C13H12BrCl2NOS/c1-6-5-19-13(10(6)16)11(17)8-3-7(15)4-9(14)12(8)18-2/h3-5,11H,17H2,1-2H3. The van der Waals surface area contributed by atoms with Gasteiger partial charge >= 0.3 is 0 Å². The van der Waals surface area contributed by atoms with Crippen molar-refractivity contribution in [3.05, 3.63) is 48.0 Å². The maximum Gasteiger partial charge on any atom is 0.138 e. The van der Waals surface area contributed by atoms with Gasteiger partial charge in [-0.05, 0) is 45.9 Å². The molecule has 0 saturated heterocycles. The molecule has 1 atom stereocenters. The summed E-state index contributed by atoms with van der Waals surface area (Å²) in [7, 11) is 1.60. The Hall–Kier alpha value is -0.260. The van der Waals surface area contributed by atoms with E-state index in [-0.39, 0.29) is 6.04 Å². The molecule has 0 saturated carbocycles. The molecule has 102 valence electrons. The lowest BCUT2D eigenvalue weighted by molar-refractivity contribution is 0.405. The summed E-state index contributed by atoms with van der Waals surface area (Å²) >= 11 is 17.3. The molecule has 2 nitrogen and oxygen atoms in total. The topological polar surface area (TPSA) is 35.2 Å². The van der Waals surface area contributed by atoms with Gasteiger partial charge in [-0.2, -0.15) is 0 Å². The lowest BCUT2D eigenvalue weighted by atomic mass is 10.0. The van der Waals surface area contributed by atoms with Gasteiger partial charge in [-0.15, -0.1) is 11.3 Å². The van der Waals surface area contributed by atoms with Crippen molar-refractivity contribution in [2.45, 2.75) is 13.0 Å². The van der Waals surface area contributed by atoms with Gasteiger partial charge in [-0.1, -0.05) is 23.2 Å². The van der Waals surface area contributed by atoms with E-state index in [9.17, 15) is 0 Å². The molecule has 0 radical (unpaired) electrons. The average Bonchev–Trinajstić information content (AvgIpc) is 2.68. The van der Waals surface area contributed by atoms with Crippen LogP contribution in [0.1, 0.15) is 22.0 Å². The molecule has 1 aromatic carbocycles. The molecule has 0 bridgehead atoms. The number of benzene rings is 1. The van der Waals surface area contributed by atoms with Crippen LogP contribution < -0.4 is 10.5 Å². The number of thiophene rings is 1. The third kappa shape index (κ3) is 2.93. The zero-order valence-electron chi connectivity index (χ0n) is 10.3. The van der Waals surface area contributed by atoms with E-state index >= 15 is 0 Å². The lowest BCUT2D eigenvalue weighted by Gasteiger charge is -2.17. The van der Waals surface area contributed by atoms with Gasteiger partial charge < -0.3 is 10.5 Å². The van der Waals surface area contributed by atoms with E-state index in [0.29, 0.717) is 15.8 Å². The molecule has 6 heteroatoms. The van der Waals surface area contributed by atoms with Crippen LogP contribution in [0.5, 0.6) is 5.75 Å². The normalized spacial score (nSPS) is 12.5. The van der Waals surface area contributed by atoms with Crippen molar-refractivity contribution in [2.24, 2.45) is 5.73 Å². The monoisotopic (exact) mass is 379 g/mol. The Labute approximate surface area is 134 Å². The molecule has 0 spiro atoms. The number of ether oxygens (including phenoxy) is 1. The number of halogens is 3. The van der Waals surface area contributed by atoms with Crippen molar-refractivity contribution in [1.29, 1.82) is 0 Å². The zero-order valence-corrected chi connectivity index (χ0v) is 14.3. The number of hydrogen-bond acceptors (Lipinski definition) is 3. The van der Waals surface area contributed by atoms with Crippen molar-refractivity contribution >= 4 is 50.5 Å². The van der Waals surface area contributed by atoms with Crippen LogP contribution in [0.2, 0.25) is 10.0 Å². The van der Waals surface area contributed by atoms with Gasteiger partial charge in [-0.25, -0.2) is 0 Å². The van der Waals surface area contributed by atoms with E-state index in [0.717, 1.165) is 20.5 Å². The number of hydrogen-bond donors (Lipinski definition) is 1. The maximum absolute atomic E-state index is 6.31. The SMILES string of the molecule is COc1c(Br)cc(Cl)cc1C(N)c1scc(C)c1Cl. The quantitative estimate of drug-likeness (QED) is 0.795. The van der Waals surface area contributed by atoms with E-state index in [2.05, 4.69) is 15.9 Å². The second kappa shape index (κ2) is 6.02. The van der Waals surface area contributed by atoms with E-state index in [1.54, 1.807) is 19.2 Å². The van der Waals surface area contributed by atoms with Crippen LogP contribution in [0.25, 0.3) is 0 Å². The predicted molar refractivity (Wildman–Crippen MR) is 85.8 cm³/mol. The molecule has 0 amide bonds.